The lowest BCUT2D eigenvalue weighted by Crippen LogP contribution is -1.95. The molecule has 1 heterocycles. The van der Waals surface area contributed by atoms with Crippen LogP contribution in [0.3, 0.4) is 0 Å². The van der Waals surface area contributed by atoms with E-state index < -0.39 is 0 Å². The Morgan fingerprint density at radius 2 is 1.48 bits per heavy atom. The summed E-state index contributed by atoms with van der Waals surface area (Å²) in [5.41, 5.74) is 6.30. The fourth-order valence-electron chi connectivity index (χ4n) is 4.70. The van der Waals surface area contributed by atoms with Crippen LogP contribution in [0.2, 0.25) is 0 Å². The molecule has 0 radical (unpaired) electrons. The largest absolute Gasteiger partial charge is 0.256 e. The van der Waals surface area contributed by atoms with Crippen LogP contribution < -0.4 is 0 Å². The SMILES string of the molecule is Cc1cc2c(-c3cc(C)c4c(ccc5ccccc54)c3)nccc2cc1C(C)C. The highest BCUT2D eigenvalue weighted by Gasteiger charge is 2.12. The molecule has 0 aliphatic heterocycles. The predicted octanol–water partition coefficient (Wildman–Crippen LogP) is 7.95. The van der Waals surface area contributed by atoms with Crippen molar-refractivity contribution in [3.05, 3.63) is 89.6 Å². The van der Waals surface area contributed by atoms with Gasteiger partial charge in [0.15, 0.2) is 0 Å². The number of hydrogen-bond acceptors (Lipinski definition) is 1. The van der Waals surface area contributed by atoms with E-state index in [0.29, 0.717) is 5.92 Å². The maximum absolute atomic E-state index is 4.80. The topological polar surface area (TPSA) is 12.9 Å². The molecule has 5 aromatic rings. The van der Waals surface area contributed by atoms with Gasteiger partial charge < -0.3 is 0 Å². The lowest BCUT2D eigenvalue weighted by atomic mass is 9.91. The van der Waals surface area contributed by atoms with Gasteiger partial charge in [0.25, 0.3) is 0 Å². The summed E-state index contributed by atoms with van der Waals surface area (Å²) in [6, 6.07) is 24.5. The fraction of sp³-hybridized carbons (Fsp3) is 0.179. The number of pyridine rings is 1. The molecule has 4 aromatic carbocycles. The van der Waals surface area contributed by atoms with E-state index in [2.05, 4.69) is 94.4 Å². The molecule has 29 heavy (non-hydrogen) atoms. The lowest BCUT2D eigenvalue weighted by Gasteiger charge is -2.15. The number of benzene rings is 4. The van der Waals surface area contributed by atoms with Crippen LogP contribution in [-0.2, 0) is 0 Å². The average Bonchev–Trinajstić information content (AvgIpc) is 2.72. The lowest BCUT2D eigenvalue weighted by molar-refractivity contribution is 0.859. The van der Waals surface area contributed by atoms with Gasteiger partial charge in [0.1, 0.15) is 0 Å². The van der Waals surface area contributed by atoms with E-state index in [-0.39, 0.29) is 0 Å². The molecule has 0 atom stereocenters. The van der Waals surface area contributed by atoms with Gasteiger partial charge in [-0.05, 0) is 87.7 Å². The molecule has 0 spiro atoms. The Labute approximate surface area is 172 Å². The zero-order valence-electron chi connectivity index (χ0n) is 17.5. The minimum Gasteiger partial charge on any atom is -0.256 e. The Hall–Kier alpha value is -3.19. The third-order valence-electron chi connectivity index (χ3n) is 6.09. The van der Waals surface area contributed by atoms with Crippen LogP contribution >= 0.6 is 0 Å². The fourth-order valence-corrected chi connectivity index (χ4v) is 4.70. The van der Waals surface area contributed by atoms with Gasteiger partial charge in [-0.25, -0.2) is 0 Å². The molecule has 1 aromatic heterocycles. The van der Waals surface area contributed by atoms with Crippen molar-refractivity contribution in [3.63, 3.8) is 0 Å². The van der Waals surface area contributed by atoms with Crippen molar-refractivity contribution in [3.8, 4) is 11.3 Å². The highest BCUT2D eigenvalue weighted by atomic mass is 14.7. The van der Waals surface area contributed by atoms with Gasteiger partial charge in [-0.1, -0.05) is 56.3 Å². The standard InChI is InChI=1S/C28H25N/c1-17(2)25-16-21-11-12-29-28(26(21)14-18(25)3)23-13-19(4)27-22(15-23)10-9-20-7-5-6-8-24(20)27/h5-17H,1-4H3. The average molecular weight is 376 g/mol. The molecule has 0 amide bonds. The third kappa shape index (κ3) is 2.89. The first-order valence-electron chi connectivity index (χ1n) is 10.3. The monoisotopic (exact) mass is 375 g/mol. The summed E-state index contributed by atoms with van der Waals surface area (Å²) in [5.74, 6) is 0.521. The smallest absolute Gasteiger partial charge is 0.0780 e. The van der Waals surface area contributed by atoms with Gasteiger partial charge >= 0.3 is 0 Å². The first-order valence-corrected chi connectivity index (χ1v) is 10.3. The highest BCUT2D eigenvalue weighted by molar-refractivity contribution is 6.10. The predicted molar refractivity (Wildman–Crippen MR) is 126 cm³/mol. The van der Waals surface area contributed by atoms with Gasteiger partial charge in [-0.3, -0.25) is 4.98 Å². The zero-order valence-corrected chi connectivity index (χ0v) is 17.5. The number of aromatic nitrogens is 1. The normalized spacial score (nSPS) is 11.8. The summed E-state index contributed by atoms with van der Waals surface area (Å²) >= 11 is 0. The molecule has 0 saturated heterocycles. The van der Waals surface area contributed by atoms with Gasteiger partial charge in [0, 0.05) is 17.1 Å². The summed E-state index contributed by atoms with van der Waals surface area (Å²) in [4.78, 5) is 4.80. The van der Waals surface area contributed by atoms with Crippen molar-refractivity contribution in [2.24, 2.45) is 0 Å². The quantitative estimate of drug-likeness (QED) is 0.285. The van der Waals surface area contributed by atoms with Crippen molar-refractivity contribution < 1.29 is 0 Å². The Morgan fingerprint density at radius 1 is 0.690 bits per heavy atom. The van der Waals surface area contributed by atoms with Crippen molar-refractivity contribution >= 4 is 32.3 Å². The van der Waals surface area contributed by atoms with Crippen LogP contribution in [-0.4, -0.2) is 4.98 Å². The molecule has 0 fully saturated rings. The van der Waals surface area contributed by atoms with E-state index >= 15 is 0 Å². The number of hydrogen-bond donors (Lipinski definition) is 0. The van der Waals surface area contributed by atoms with Crippen LogP contribution in [0.5, 0.6) is 0 Å². The first kappa shape index (κ1) is 17.9. The highest BCUT2D eigenvalue weighted by Crippen LogP contribution is 2.35. The molecular formula is C28H25N. The van der Waals surface area contributed by atoms with E-state index in [4.69, 9.17) is 4.98 Å². The van der Waals surface area contributed by atoms with Gasteiger partial charge in [0.05, 0.1) is 5.69 Å². The molecule has 0 saturated carbocycles. The Kier molecular flexibility index (Phi) is 4.13. The maximum Gasteiger partial charge on any atom is 0.0780 e. The van der Waals surface area contributed by atoms with Crippen LogP contribution in [0, 0.1) is 13.8 Å². The number of rotatable bonds is 2. The summed E-state index contributed by atoms with van der Waals surface area (Å²) in [6.07, 6.45) is 1.94. The van der Waals surface area contributed by atoms with Crippen LogP contribution in [0.15, 0.2) is 72.9 Å². The van der Waals surface area contributed by atoms with Crippen LogP contribution in [0.25, 0.3) is 43.6 Å². The van der Waals surface area contributed by atoms with Gasteiger partial charge in [0.2, 0.25) is 0 Å². The maximum atomic E-state index is 4.80. The minimum atomic E-state index is 0.521. The van der Waals surface area contributed by atoms with E-state index in [0.717, 1.165) is 5.69 Å². The zero-order chi connectivity index (χ0) is 20.1. The van der Waals surface area contributed by atoms with E-state index in [1.54, 1.807) is 0 Å². The Balaban J connectivity index is 1.78. The number of nitrogens with zero attached hydrogens (tertiary/aromatic N) is 1. The molecule has 0 unspecified atom stereocenters. The van der Waals surface area contributed by atoms with Crippen molar-refractivity contribution in [2.75, 3.05) is 0 Å². The second-order valence-corrected chi connectivity index (χ2v) is 8.42. The summed E-state index contributed by atoms with van der Waals surface area (Å²) in [6.45, 7) is 8.94. The first-order chi connectivity index (χ1) is 14.0. The summed E-state index contributed by atoms with van der Waals surface area (Å²) < 4.78 is 0. The second kappa shape index (κ2) is 6.70. The van der Waals surface area contributed by atoms with Gasteiger partial charge in [-0.2, -0.15) is 0 Å². The molecule has 1 nitrogen and oxygen atoms in total. The van der Waals surface area contributed by atoms with E-state index in [1.165, 1.54) is 54.6 Å². The summed E-state index contributed by atoms with van der Waals surface area (Å²) in [5, 5.41) is 7.71. The molecule has 0 aliphatic rings. The van der Waals surface area contributed by atoms with Crippen molar-refractivity contribution in [1.82, 2.24) is 4.98 Å². The van der Waals surface area contributed by atoms with Gasteiger partial charge in [-0.15, -0.1) is 0 Å². The molecular weight excluding hydrogens is 350 g/mol. The molecule has 5 rings (SSSR count). The third-order valence-corrected chi connectivity index (χ3v) is 6.09. The number of fused-ring (bicyclic) bond motifs is 4. The molecule has 0 N–H and O–H groups in total. The Bertz CT molecular complexity index is 1390. The van der Waals surface area contributed by atoms with Crippen LogP contribution in [0.4, 0.5) is 0 Å². The minimum absolute atomic E-state index is 0.521. The molecule has 142 valence electrons. The number of aryl methyl sites for hydroxylation is 2. The molecule has 1 heteroatoms. The van der Waals surface area contributed by atoms with Crippen molar-refractivity contribution in [2.45, 2.75) is 33.6 Å². The van der Waals surface area contributed by atoms with E-state index in [9.17, 15) is 0 Å². The molecule has 0 aliphatic carbocycles. The summed E-state index contributed by atoms with van der Waals surface area (Å²) in [7, 11) is 0. The van der Waals surface area contributed by atoms with Crippen LogP contribution in [0.1, 0.15) is 36.5 Å². The van der Waals surface area contributed by atoms with Crippen molar-refractivity contribution in [1.29, 1.82) is 0 Å². The molecule has 0 bridgehead atoms. The Morgan fingerprint density at radius 3 is 2.31 bits per heavy atom. The second-order valence-electron chi connectivity index (χ2n) is 8.42. The van der Waals surface area contributed by atoms with E-state index in [1.807, 2.05) is 6.20 Å².